The molecule has 1 aromatic rings. The zero-order valence-electron chi connectivity index (χ0n) is 10.7. The summed E-state index contributed by atoms with van der Waals surface area (Å²) in [5.41, 5.74) is -0.0619. The van der Waals surface area contributed by atoms with E-state index in [1.807, 2.05) is 27.7 Å². The molecule has 2 heterocycles. The van der Waals surface area contributed by atoms with Crippen LogP contribution in [-0.4, -0.2) is 27.2 Å². The van der Waals surface area contributed by atoms with E-state index >= 15 is 0 Å². The van der Waals surface area contributed by atoms with Gasteiger partial charge in [0.15, 0.2) is 5.78 Å². The molecule has 4 heteroatoms. The van der Waals surface area contributed by atoms with Crippen LogP contribution in [0.4, 0.5) is 0 Å². The first kappa shape index (κ1) is 12.2. The van der Waals surface area contributed by atoms with Crippen molar-refractivity contribution in [1.82, 2.24) is 10.2 Å². The normalized spacial score (nSPS) is 25.8. The van der Waals surface area contributed by atoms with Gasteiger partial charge >= 0.3 is 0 Å². The lowest BCUT2D eigenvalue weighted by molar-refractivity contribution is -0.0712. The molecule has 0 aromatic carbocycles. The maximum atomic E-state index is 12.4. The second-order valence-electron chi connectivity index (χ2n) is 5.72. The Bertz CT molecular complexity index is 426. The van der Waals surface area contributed by atoms with Crippen molar-refractivity contribution >= 4 is 5.78 Å². The van der Waals surface area contributed by atoms with E-state index in [0.29, 0.717) is 5.56 Å². The summed E-state index contributed by atoms with van der Waals surface area (Å²) < 4.78 is 5.93. The molecule has 17 heavy (non-hydrogen) atoms. The van der Waals surface area contributed by atoms with E-state index in [0.717, 1.165) is 6.42 Å². The summed E-state index contributed by atoms with van der Waals surface area (Å²) >= 11 is 0. The molecule has 2 rings (SSSR count). The Hall–Kier alpha value is -1.29. The van der Waals surface area contributed by atoms with Gasteiger partial charge in [0.25, 0.3) is 0 Å². The Morgan fingerprint density at radius 3 is 2.53 bits per heavy atom. The monoisotopic (exact) mass is 234 g/mol. The number of Topliss-reactive ketones (excluding diaryl/α,β-unsaturated/α-hetero) is 1. The van der Waals surface area contributed by atoms with E-state index in [-0.39, 0.29) is 17.3 Å². The van der Waals surface area contributed by atoms with Crippen LogP contribution in [0.25, 0.3) is 0 Å². The van der Waals surface area contributed by atoms with E-state index in [2.05, 4.69) is 10.2 Å². The topological polar surface area (TPSA) is 52.1 Å². The van der Waals surface area contributed by atoms with Gasteiger partial charge in [-0.3, -0.25) is 4.79 Å². The molecule has 0 amide bonds. The summed E-state index contributed by atoms with van der Waals surface area (Å²) in [4.78, 5) is 12.4. The van der Waals surface area contributed by atoms with Gasteiger partial charge in [0.1, 0.15) is 0 Å². The van der Waals surface area contributed by atoms with Crippen LogP contribution < -0.4 is 0 Å². The molecule has 1 aromatic heterocycles. The SMILES string of the molecule is CC1(C)CC(C(=O)c2ccnnc2)C(C)(C)O1. The highest BCUT2D eigenvalue weighted by Crippen LogP contribution is 2.43. The minimum Gasteiger partial charge on any atom is -0.369 e. The molecular formula is C13H18N2O2. The zero-order valence-corrected chi connectivity index (χ0v) is 10.7. The van der Waals surface area contributed by atoms with Gasteiger partial charge in [0.2, 0.25) is 0 Å². The summed E-state index contributed by atoms with van der Waals surface area (Å²) in [5, 5.41) is 7.44. The third-order valence-corrected chi connectivity index (χ3v) is 3.26. The second kappa shape index (κ2) is 3.88. The fourth-order valence-electron chi connectivity index (χ4n) is 2.61. The molecule has 0 radical (unpaired) electrons. The van der Waals surface area contributed by atoms with Crippen LogP contribution in [0.1, 0.15) is 44.5 Å². The van der Waals surface area contributed by atoms with Gasteiger partial charge in [-0.05, 0) is 40.2 Å². The Morgan fingerprint density at radius 1 is 1.35 bits per heavy atom. The number of rotatable bonds is 2. The average Bonchev–Trinajstić information content (AvgIpc) is 2.47. The Labute approximate surface area is 101 Å². The molecule has 1 aliphatic heterocycles. The number of aromatic nitrogens is 2. The number of ketones is 1. The van der Waals surface area contributed by atoms with Gasteiger partial charge in [0.05, 0.1) is 29.5 Å². The first-order valence-electron chi connectivity index (χ1n) is 5.83. The Kier molecular flexibility index (Phi) is 2.78. The van der Waals surface area contributed by atoms with Crippen molar-refractivity contribution in [1.29, 1.82) is 0 Å². The van der Waals surface area contributed by atoms with E-state index in [9.17, 15) is 4.79 Å². The minimum absolute atomic E-state index is 0.0930. The van der Waals surface area contributed by atoms with Crippen LogP contribution in [0.3, 0.4) is 0 Å². The molecule has 0 bridgehead atoms. The molecule has 1 fully saturated rings. The van der Waals surface area contributed by atoms with Gasteiger partial charge in [0, 0.05) is 5.56 Å². The van der Waals surface area contributed by atoms with E-state index < -0.39 is 5.60 Å². The summed E-state index contributed by atoms with van der Waals surface area (Å²) in [5.74, 6) is -0.0304. The van der Waals surface area contributed by atoms with Gasteiger partial charge < -0.3 is 4.74 Å². The molecule has 1 unspecified atom stereocenters. The number of hydrogen-bond donors (Lipinski definition) is 0. The number of nitrogens with zero attached hydrogens (tertiary/aromatic N) is 2. The van der Waals surface area contributed by atoms with Crippen LogP contribution in [-0.2, 0) is 4.74 Å². The van der Waals surface area contributed by atoms with Gasteiger partial charge in [-0.25, -0.2) is 0 Å². The molecule has 1 atom stereocenters. The van der Waals surface area contributed by atoms with Crippen molar-refractivity contribution in [3.8, 4) is 0 Å². The maximum Gasteiger partial charge on any atom is 0.170 e. The van der Waals surface area contributed by atoms with Crippen molar-refractivity contribution < 1.29 is 9.53 Å². The molecule has 0 aliphatic carbocycles. The van der Waals surface area contributed by atoms with Crippen LogP contribution in [0.5, 0.6) is 0 Å². The summed E-state index contributed by atoms with van der Waals surface area (Å²) in [6.45, 7) is 7.98. The molecule has 92 valence electrons. The summed E-state index contributed by atoms with van der Waals surface area (Å²) in [6, 6.07) is 1.71. The largest absolute Gasteiger partial charge is 0.369 e. The van der Waals surface area contributed by atoms with Gasteiger partial charge in [-0.1, -0.05) is 0 Å². The van der Waals surface area contributed by atoms with Crippen LogP contribution in [0.2, 0.25) is 0 Å². The third kappa shape index (κ3) is 2.36. The van der Waals surface area contributed by atoms with Crippen molar-refractivity contribution in [2.75, 3.05) is 0 Å². The predicted octanol–water partition coefficient (Wildman–Crippen LogP) is 2.25. The Balaban J connectivity index is 2.27. The van der Waals surface area contributed by atoms with Crippen molar-refractivity contribution in [2.24, 2.45) is 5.92 Å². The predicted molar refractivity (Wildman–Crippen MR) is 63.7 cm³/mol. The molecule has 1 saturated heterocycles. The van der Waals surface area contributed by atoms with Gasteiger partial charge in [-0.2, -0.15) is 10.2 Å². The molecule has 4 nitrogen and oxygen atoms in total. The molecular weight excluding hydrogens is 216 g/mol. The molecule has 0 saturated carbocycles. The van der Waals surface area contributed by atoms with E-state index in [4.69, 9.17) is 4.74 Å². The second-order valence-corrected chi connectivity index (χ2v) is 5.72. The summed E-state index contributed by atoms with van der Waals surface area (Å²) in [6.07, 6.45) is 3.80. The van der Waals surface area contributed by atoms with Crippen LogP contribution in [0.15, 0.2) is 18.5 Å². The first-order valence-corrected chi connectivity index (χ1v) is 5.83. The van der Waals surface area contributed by atoms with Crippen molar-refractivity contribution in [3.63, 3.8) is 0 Å². The van der Waals surface area contributed by atoms with Crippen molar-refractivity contribution in [3.05, 3.63) is 24.0 Å². The average molecular weight is 234 g/mol. The Morgan fingerprint density at radius 2 is 2.06 bits per heavy atom. The van der Waals surface area contributed by atoms with E-state index in [1.54, 1.807) is 12.3 Å². The first-order chi connectivity index (χ1) is 7.82. The quantitative estimate of drug-likeness (QED) is 0.736. The highest BCUT2D eigenvalue weighted by atomic mass is 16.5. The minimum atomic E-state index is -0.427. The summed E-state index contributed by atoms with van der Waals surface area (Å²) in [7, 11) is 0. The van der Waals surface area contributed by atoms with E-state index in [1.165, 1.54) is 6.20 Å². The lowest BCUT2D eigenvalue weighted by Gasteiger charge is -2.26. The smallest absolute Gasteiger partial charge is 0.170 e. The maximum absolute atomic E-state index is 12.4. The fraction of sp³-hybridized carbons (Fsp3) is 0.615. The number of carbonyl (C=O) groups is 1. The van der Waals surface area contributed by atoms with Crippen molar-refractivity contribution in [2.45, 2.75) is 45.3 Å². The molecule has 0 N–H and O–H groups in total. The number of carbonyl (C=O) groups excluding carboxylic acids is 1. The highest BCUT2D eigenvalue weighted by Gasteiger charge is 2.49. The number of hydrogen-bond acceptors (Lipinski definition) is 4. The molecule has 1 aliphatic rings. The van der Waals surface area contributed by atoms with Crippen LogP contribution in [0, 0.1) is 5.92 Å². The van der Waals surface area contributed by atoms with Crippen LogP contribution >= 0.6 is 0 Å². The third-order valence-electron chi connectivity index (χ3n) is 3.26. The fourth-order valence-corrected chi connectivity index (χ4v) is 2.61. The standard InChI is InChI=1S/C13H18N2O2/c1-12(2)7-10(13(3,4)17-12)11(16)9-5-6-14-15-8-9/h5-6,8,10H,7H2,1-4H3. The number of ether oxygens (including phenoxy) is 1. The lowest BCUT2D eigenvalue weighted by Crippen LogP contribution is -2.33. The lowest BCUT2D eigenvalue weighted by atomic mass is 9.82. The highest BCUT2D eigenvalue weighted by molar-refractivity contribution is 5.98. The molecule has 0 spiro atoms. The zero-order chi connectivity index (χ0) is 12.7. The van der Waals surface area contributed by atoms with Gasteiger partial charge in [-0.15, -0.1) is 0 Å².